The molecule has 3 N–H and O–H groups in total. The van der Waals surface area contributed by atoms with E-state index in [1.54, 1.807) is 18.2 Å². The SMILES string of the molecule is CC(C)[C@@H]1CC[C@@H](C)C[C@H]1OC(=O)O[C@H](C)OC(=O)[C@@]1(N)[C@H]2[C@@H](C[C@H]1OCc1cccc(Cl)n1)[C@]2(F)C(=O)O. The largest absolute Gasteiger partial charge is 0.511 e. The fourth-order valence-corrected chi connectivity index (χ4v) is 6.51. The number of rotatable bonds is 9. The summed E-state index contributed by atoms with van der Waals surface area (Å²) >= 11 is 5.91. The Bertz CT molecular complexity index is 1110. The van der Waals surface area contributed by atoms with Crippen molar-refractivity contribution in [3.63, 3.8) is 0 Å². The van der Waals surface area contributed by atoms with E-state index in [0.29, 0.717) is 24.0 Å². The van der Waals surface area contributed by atoms with Crippen molar-refractivity contribution in [2.75, 3.05) is 0 Å². The van der Waals surface area contributed by atoms with Gasteiger partial charge in [0.1, 0.15) is 16.8 Å². The van der Waals surface area contributed by atoms with Gasteiger partial charge in [-0.15, -0.1) is 0 Å². The molecule has 1 aromatic rings. The van der Waals surface area contributed by atoms with Crippen LogP contribution in [0.5, 0.6) is 0 Å². The zero-order valence-electron chi connectivity index (χ0n) is 22.5. The third-order valence-electron chi connectivity index (χ3n) is 8.43. The standard InChI is InChI=1S/C27H36ClFN2O8/c1-13(2)17-9-8-14(3)10-19(17)39-25(35)38-15(4)37-24(34)27(30)20(11-18-22(27)26(18,29)23(32)33)36-12-16-6-5-7-21(28)31-16/h5-7,13-15,17-20,22H,8-12,30H2,1-4H3,(H,32,33)/t14-,15-,17+,18-,19-,20-,22+,26-,27+/m1/s1. The van der Waals surface area contributed by atoms with Crippen LogP contribution in [0, 0.1) is 29.6 Å². The summed E-state index contributed by atoms with van der Waals surface area (Å²) in [5.41, 5.74) is 2.03. The number of alkyl halides is 1. The van der Waals surface area contributed by atoms with Crippen LogP contribution in [-0.2, 0) is 35.1 Å². The maximum atomic E-state index is 15.2. The van der Waals surface area contributed by atoms with Crippen LogP contribution in [-0.4, -0.2) is 57.9 Å². The van der Waals surface area contributed by atoms with Gasteiger partial charge in [-0.1, -0.05) is 44.9 Å². The molecule has 4 rings (SSSR count). The number of nitrogens with two attached hydrogens (primary N) is 1. The summed E-state index contributed by atoms with van der Waals surface area (Å²) < 4.78 is 37.1. The number of nitrogens with zero attached hydrogens (tertiary/aromatic N) is 1. The molecule has 3 aliphatic carbocycles. The van der Waals surface area contributed by atoms with E-state index in [1.165, 1.54) is 6.92 Å². The molecule has 0 saturated heterocycles. The number of carbonyl (C=O) groups excluding carboxylic acids is 2. The molecule has 0 amide bonds. The Morgan fingerprint density at radius 3 is 2.56 bits per heavy atom. The van der Waals surface area contributed by atoms with E-state index < -0.39 is 53.5 Å². The number of hydrogen-bond donors (Lipinski definition) is 2. The van der Waals surface area contributed by atoms with Crippen LogP contribution in [0.25, 0.3) is 0 Å². The van der Waals surface area contributed by atoms with Crippen LogP contribution >= 0.6 is 11.6 Å². The third kappa shape index (κ3) is 5.71. The molecule has 0 unspecified atom stereocenters. The lowest BCUT2D eigenvalue weighted by Gasteiger charge is -2.36. The van der Waals surface area contributed by atoms with E-state index in [9.17, 15) is 19.5 Å². The molecule has 0 aromatic carbocycles. The Labute approximate surface area is 231 Å². The third-order valence-corrected chi connectivity index (χ3v) is 8.64. The van der Waals surface area contributed by atoms with Gasteiger partial charge in [-0.3, -0.25) is 0 Å². The lowest BCUT2D eigenvalue weighted by Crippen LogP contribution is -2.61. The first-order chi connectivity index (χ1) is 18.3. The molecule has 216 valence electrons. The summed E-state index contributed by atoms with van der Waals surface area (Å²) in [6, 6.07) is 4.89. The Morgan fingerprint density at radius 1 is 1.21 bits per heavy atom. The van der Waals surface area contributed by atoms with Crippen molar-refractivity contribution in [1.82, 2.24) is 4.98 Å². The number of ether oxygens (including phenoxy) is 4. The van der Waals surface area contributed by atoms with Gasteiger partial charge in [0, 0.05) is 18.8 Å². The molecule has 0 aliphatic heterocycles. The highest BCUT2D eigenvalue weighted by atomic mass is 35.5. The van der Waals surface area contributed by atoms with Crippen LogP contribution in [0.3, 0.4) is 0 Å². The minimum atomic E-state index is -2.69. The van der Waals surface area contributed by atoms with Gasteiger partial charge < -0.3 is 29.8 Å². The molecular formula is C27H36ClFN2O8. The number of aliphatic carboxylic acids is 1. The van der Waals surface area contributed by atoms with E-state index in [0.717, 1.165) is 12.8 Å². The van der Waals surface area contributed by atoms with Gasteiger partial charge >= 0.3 is 18.1 Å². The highest BCUT2D eigenvalue weighted by Crippen LogP contribution is 2.67. The number of esters is 1. The summed E-state index contributed by atoms with van der Waals surface area (Å²) in [5, 5.41) is 9.69. The van der Waals surface area contributed by atoms with E-state index in [2.05, 4.69) is 25.8 Å². The highest BCUT2D eigenvalue weighted by molar-refractivity contribution is 6.29. The number of carboxylic acid groups (broad SMARTS) is 1. The van der Waals surface area contributed by atoms with Gasteiger partial charge in [0.2, 0.25) is 12.0 Å². The second-order valence-electron chi connectivity index (χ2n) is 11.4. The first-order valence-corrected chi connectivity index (χ1v) is 13.7. The lowest BCUT2D eigenvalue weighted by molar-refractivity contribution is -0.184. The average Bonchev–Trinajstić information content (AvgIpc) is 3.32. The van der Waals surface area contributed by atoms with Crippen molar-refractivity contribution >= 4 is 29.7 Å². The first kappa shape index (κ1) is 29.5. The number of pyridine rings is 1. The molecule has 3 aliphatic rings. The van der Waals surface area contributed by atoms with Crippen molar-refractivity contribution in [3.8, 4) is 0 Å². The predicted octanol–water partition coefficient (Wildman–Crippen LogP) is 4.26. The maximum absolute atomic E-state index is 15.2. The second-order valence-corrected chi connectivity index (χ2v) is 11.8. The minimum Gasteiger partial charge on any atom is -0.479 e. The molecule has 39 heavy (non-hydrogen) atoms. The Balaban J connectivity index is 1.41. The van der Waals surface area contributed by atoms with Crippen molar-refractivity contribution in [1.29, 1.82) is 0 Å². The normalized spacial score (nSPS) is 36.1. The van der Waals surface area contributed by atoms with Crippen molar-refractivity contribution in [2.45, 2.75) is 89.7 Å². The monoisotopic (exact) mass is 570 g/mol. The van der Waals surface area contributed by atoms with E-state index in [1.807, 2.05) is 0 Å². The van der Waals surface area contributed by atoms with Crippen LogP contribution in [0.2, 0.25) is 5.15 Å². The van der Waals surface area contributed by atoms with Gasteiger partial charge in [-0.25, -0.2) is 23.8 Å². The van der Waals surface area contributed by atoms with Crippen LogP contribution in [0.1, 0.15) is 59.1 Å². The molecule has 12 heteroatoms. The fraction of sp³-hybridized carbons (Fsp3) is 0.704. The van der Waals surface area contributed by atoms with Crippen molar-refractivity contribution in [3.05, 3.63) is 29.0 Å². The van der Waals surface area contributed by atoms with Gasteiger partial charge in [-0.05, 0) is 49.1 Å². The molecule has 3 saturated carbocycles. The Morgan fingerprint density at radius 2 is 1.92 bits per heavy atom. The van der Waals surface area contributed by atoms with Gasteiger partial charge in [-0.2, -0.15) is 0 Å². The smallest absolute Gasteiger partial charge is 0.479 e. The van der Waals surface area contributed by atoms with Crippen LogP contribution in [0.15, 0.2) is 18.2 Å². The van der Waals surface area contributed by atoms with E-state index in [-0.39, 0.29) is 30.2 Å². The Hall–Kier alpha value is -2.50. The fourth-order valence-electron chi connectivity index (χ4n) is 6.33. The summed E-state index contributed by atoms with van der Waals surface area (Å²) in [4.78, 5) is 41.6. The summed E-state index contributed by atoms with van der Waals surface area (Å²) in [5.74, 6) is -4.35. The number of carbonyl (C=O) groups is 3. The van der Waals surface area contributed by atoms with Crippen LogP contribution in [0.4, 0.5) is 9.18 Å². The van der Waals surface area contributed by atoms with Gasteiger partial charge in [0.05, 0.1) is 18.4 Å². The maximum Gasteiger partial charge on any atom is 0.511 e. The molecule has 1 heterocycles. The van der Waals surface area contributed by atoms with Crippen molar-refractivity contribution in [2.24, 2.45) is 35.3 Å². The molecule has 3 fully saturated rings. The Kier molecular flexibility index (Phi) is 8.45. The summed E-state index contributed by atoms with van der Waals surface area (Å²) in [6.45, 7) is 7.45. The number of fused-ring (bicyclic) bond motifs is 1. The average molecular weight is 571 g/mol. The molecule has 1 aromatic heterocycles. The zero-order chi connectivity index (χ0) is 28.7. The van der Waals surface area contributed by atoms with Crippen LogP contribution < -0.4 is 5.73 Å². The summed E-state index contributed by atoms with van der Waals surface area (Å²) in [6.07, 6.45) is -1.24. The molecule has 10 nitrogen and oxygen atoms in total. The number of halogens is 2. The highest BCUT2D eigenvalue weighted by Gasteiger charge is 2.85. The zero-order valence-corrected chi connectivity index (χ0v) is 23.2. The van der Waals surface area contributed by atoms with E-state index >= 15 is 4.39 Å². The minimum absolute atomic E-state index is 0.0987. The quantitative estimate of drug-likeness (QED) is 0.250. The molecule has 0 radical (unpaired) electrons. The van der Waals surface area contributed by atoms with Gasteiger partial charge in [0.15, 0.2) is 0 Å². The lowest BCUT2D eigenvalue weighted by atomic mass is 9.75. The topological polar surface area (TPSA) is 147 Å². The number of aromatic nitrogens is 1. The predicted molar refractivity (Wildman–Crippen MR) is 136 cm³/mol. The molecule has 0 bridgehead atoms. The second kappa shape index (κ2) is 11.2. The molecule has 9 atom stereocenters. The first-order valence-electron chi connectivity index (χ1n) is 13.3. The van der Waals surface area contributed by atoms with E-state index in [4.69, 9.17) is 36.3 Å². The van der Waals surface area contributed by atoms with Crippen molar-refractivity contribution < 1.29 is 42.8 Å². The number of carboxylic acids is 1. The number of hydrogen-bond acceptors (Lipinski definition) is 9. The van der Waals surface area contributed by atoms with Gasteiger partial charge in [0.25, 0.3) is 0 Å². The molecule has 0 spiro atoms. The summed E-state index contributed by atoms with van der Waals surface area (Å²) in [7, 11) is 0. The molecular weight excluding hydrogens is 535 g/mol.